The van der Waals surface area contributed by atoms with E-state index >= 15 is 0 Å². The van der Waals surface area contributed by atoms with Crippen LogP contribution in [0.3, 0.4) is 0 Å². The number of carbonyl (C=O) groups is 1. The number of anilines is 1. The second-order valence-electron chi connectivity index (χ2n) is 5.24. The first kappa shape index (κ1) is 14.7. The summed E-state index contributed by atoms with van der Waals surface area (Å²) < 4.78 is 11.0. The molecule has 1 aliphatic rings. The molecule has 0 bridgehead atoms. The SMILES string of the molecule is Nc1ccccc1OCCC(=O)OC1CCCCCC1. The lowest BCUT2D eigenvalue weighted by Gasteiger charge is -2.15. The lowest BCUT2D eigenvalue weighted by molar-refractivity contribution is -0.150. The third kappa shape index (κ3) is 4.76. The number of rotatable bonds is 5. The summed E-state index contributed by atoms with van der Waals surface area (Å²) in [5.74, 6) is 0.446. The second kappa shape index (κ2) is 7.78. The zero-order valence-electron chi connectivity index (χ0n) is 11.8. The van der Waals surface area contributed by atoms with Crippen LogP contribution in [-0.4, -0.2) is 18.7 Å². The lowest BCUT2D eigenvalue weighted by atomic mass is 10.1. The Morgan fingerprint density at radius 1 is 1.15 bits per heavy atom. The Morgan fingerprint density at radius 2 is 1.85 bits per heavy atom. The Bertz CT molecular complexity index is 425. The number of carbonyl (C=O) groups excluding carboxylic acids is 1. The highest BCUT2D eigenvalue weighted by atomic mass is 16.5. The summed E-state index contributed by atoms with van der Waals surface area (Å²) >= 11 is 0. The number of benzene rings is 1. The van der Waals surface area contributed by atoms with Gasteiger partial charge in [0.25, 0.3) is 0 Å². The average Bonchev–Trinajstić information content (AvgIpc) is 2.69. The first-order valence-corrected chi connectivity index (χ1v) is 7.42. The molecule has 1 aromatic carbocycles. The van der Waals surface area contributed by atoms with E-state index in [4.69, 9.17) is 15.2 Å². The quantitative estimate of drug-likeness (QED) is 0.509. The van der Waals surface area contributed by atoms with Crippen molar-refractivity contribution in [3.63, 3.8) is 0 Å². The molecule has 20 heavy (non-hydrogen) atoms. The molecule has 0 saturated heterocycles. The van der Waals surface area contributed by atoms with Crippen LogP contribution in [0.5, 0.6) is 5.75 Å². The van der Waals surface area contributed by atoms with Crippen molar-refractivity contribution in [1.82, 2.24) is 0 Å². The Morgan fingerprint density at radius 3 is 2.55 bits per heavy atom. The molecule has 0 aliphatic heterocycles. The highest BCUT2D eigenvalue weighted by Crippen LogP contribution is 2.21. The predicted octanol–water partition coefficient (Wildman–Crippen LogP) is 3.30. The summed E-state index contributed by atoms with van der Waals surface area (Å²) in [5, 5.41) is 0. The highest BCUT2D eigenvalue weighted by molar-refractivity contribution is 5.69. The van der Waals surface area contributed by atoms with Gasteiger partial charge in [-0.25, -0.2) is 0 Å². The maximum atomic E-state index is 11.8. The van der Waals surface area contributed by atoms with Gasteiger partial charge in [-0.2, -0.15) is 0 Å². The minimum atomic E-state index is -0.175. The molecule has 0 heterocycles. The molecular weight excluding hydrogens is 254 g/mol. The number of nitrogens with two attached hydrogens (primary N) is 1. The van der Waals surface area contributed by atoms with Crippen molar-refractivity contribution in [1.29, 1.82) is 0 Å². The zero-order valence-corrected chi connectivity index (χ0v) is 11.8. The van der Waals surface area contributed by atoms with Gasteiger partial charge in [0, 0.05) is 0 Å². The maximum absolute atomic E-state index is 11.8. The van der Waals surface area contributed by atoms with E-state index in [9.17, 15) is 4.79 Å². The van der Waals surface area contributed by atoms with Gasteiger partial charge < -0.3 is 15.2 Å². The number of ether oxygens (including phenoxy) is 2. The molecule has 110 valence electrons. The van der Waals surface area contributed by atoms with Gasteiger partial charge >= 0.3 is 5.97 Å². The molecule has 0 radical (unpaired) electrons. The zero-order chi connectivity index (χ0) is 14.2. The smallest absolute Gasteiger partial charge is 0.309 e. The Balaban J connectivity index is 1.68. The molecule has 4 heteroatoms. The van der Waals surface area contributed by atoms with Crippen LogP contribution in [0.15, 0.2) is 24.3 Å². The summed E-state index contributed by atoms with van der Waals surface area (Å²) in [6.07, 6.45) is 7.20. The van der Waals surface area contributed by atoms with Crippen molar-refractivity contribution in [3.8, 4) is 5.75 Å². The number of esters is 1. The second-order valence-corrected chi connectivity index (χ2v) is 5.24. The van der Waals surface area contributed by atoms with Crippen LogP contribution >= 0.6 is 0 Å². The third-order valence-corrected chi connectivity index (χ3v) is 3.58. The first-order chi connectivity index (χ1) is 9.75. The molecule has 2 N–H and O–H groups in total. The van der Waals surface area contributed by atoms with E-state index in [1.165, 1.54) is 12.8 Å². The third-order valence-electron chi connectivity index (χ3n) is 3.58. The molecule has 0 spiro atoms. The molecule has 1 saturated carbocycles. The van der Waals surface area contributed by atoms with Crippen LogP contribution in [-0.2, 0) is 9.53 Å². The molecule has 4 nitrogen and oxygen atoms in total. The molecule has 1 aliphatic carbocycles. The van der Waals surface area contributed by atoms with Gasteiger partial charge in [0.15, 0.2) is 0 Å². The van der Waals surface area contributed by atoms with E-state index in [2.05, 4.69) is 0 Å². The van der Waals surface area contributed by atoms with E-state index in [1.54, 1.807) is 12.1 Å². The van der Waals surface area contributed by atoms with Crippen LogP contribution < -0.4 is 10.5 Å². The molecule has 0 unspecified atom stereocenters. The van der Waals surface area contributed by atoms with Crippen molar-refractivity contribution < 1.29 is 14.3 Å². The molecule has 0 aromatic heterocycles. The Labute approximate surface area is 120 Å². The number of hydrogen-bond donors (Lipinski definition) is 1. The summed E-state index contributed by atoms with van der Waals surface area (Å²) in [6, 6.07) is 7.28. The minimum absolute atomic E-state index is 0.104. The van der Waals surface area contributed by atoms with E-state index in [1.807, 2.05) is 12.1 Å². The van der Waals surface area contributed by atoms with Crippen molar-refractivity contribution in [2.24, 2.45) is 0 Å². The van der Waals surface area contributed by atoms with Crippen molar-refractivity contribution in [2.45, 2.75) is 51.0 Å². The monoisotopic (exact) mass is 277 g/mol. The van der Waals surface area contributed by atoms with Crippen molar-refractivity contribution in [3.05, 3.63) is 24.3 Å². The van der Waals surface area contributed by atoms with E-state index in [0.29, 0.717) is 18.0 Å². The fourth-order valence-corrected chi connectivity index (χ4v) is 2.46. The van der Waals surface area contributed by atoms with Gasteiger partial charge in [-0.1, -0.05) is 25.0 Å². The summed E-state index contributed by atoms with van der Waals surface area (Å²) in [4.78, 5) is 11.8. The maximum Gasteiger partial charge on any atom is 0.309 e. The van der Waals surface area contributed by atoms with Gasteiger partial charge in [0.1, 0.15) is 11.9 Å². The Hall–Kier alpha value is -1.71. The van der Waals surface area contributed by atoms with E-state index in [0.717, 1.165) is 25.7 Å². The Kier molecular flexibility index (Phi) is 5.71. The molecular formula is C16H23NO3. The lowest BCUT2D eigenvalue weighted by Crippen LogP contribution is -2.19. The molecule has 1 fully saturated rings. The molecule has 0 amide bonds. The van der Waals surface area contributed by atoms with Gasteiger partial charge in [0.05, 0.1) is 18.7 Å². The highest BCUT2D eigenvalue weighted by Gasteiger charge is 2.16. The molecule has 2 rings (SSSR count). The fraction of sp³-hybridized carbons (Fsp3) is 0.562. The van der Waals surface area contributed by atoms with Crippen LogP contribution in [0, 0.1) is 0 Å². The standard InChI is InChI=1S/C16H23NO3/c17-14-9-5-6-10-15(14)19-12-11-16(18)20-13-7-3-1-2-4-8-13/h5-6,9-10,13H,1-4,7-8,11-12,17H2. The number of hydrogen-bond acceptors (Lipinski definition) is 4. The van der Waals surface area contributed by atoms with Crippen LogP contribution in [0.1, 0.15) is 44.9 Å². The molecule has 0 atom stereocenters. The summed E-state index contributed by atoms with van der Waals surface area (Å²) in [6.45, 7) is 0.305. The van der Waals surface area contributed by atoms with Crippen molar-refractivity contribution in [2.75, 3.05) is 12.3 Å². The van der Waals surface area contributed by atoms with Gasteiger partial charge in [-0.15, -0.1) is 0 Å². The van der Waals surface area contributed by atoms with Gasteiger partial charge in [0.2, 0.25) is 0 Å². The van der Waals surface area contributed by atoms with Crippen molar-refractivity contribution >= 4 is 11.7 Å². The van der Waals surface area contributed by atoms with Gasteiger partial charge in [-0.3, -0.25) is 4.79 Å². The van der Waals surface area contributed by atoms with Gasteiger partial charge in [-0.05, 0) is 37.8 Å². The predicted molar refractivity (Wildman–Crippen MR) is 78.5 cm³/mol. The van der Waals surface area contributed by atoms with Crippen LogP contribution in [0.25, 0.3) is 0 Å². The van der Waals surface area contributed by atoms with Crippen LogP contribution in [0.2, 0.25) is 0 Å². The normalized spacial score (nSPS) is 16.4. The van der Waals surface area contributed by atoms with E-state index in [-0.39, 0.29) is 18.5 Å². The van der Waals surface area contributed by atoms with E-state index < -0.39 is 0 Å². The number of nitrogen functional groups attached to an aromatic ring is 1. The minimum Gasteiger partial charge on any atom is -0.491 e. The topological polar surface area (TPSA) is 61.5 Å². The largest absolute Gasteiger partial charge is 0.491 e. The summed E-state index contributed by atoms with van der Waals surface area (Å²) in [7, 11) is 0. The fourth-order valence-electron chi connectivity index (χ4n) is 2.46. The molecule has 1 aromatic rings. The number of para-hydroxylation sites is 2. The first-order valence-electron chi connectivity index (χ1n) is 7.42. The van der Waals surface area contributed by atoms with Crippen LogP contribution in [0.4, 0.5) is 5.69 Å². The summed E-state index contributed by atoms with van der Waals surface area (Å²) in [5.41, 5.74) is 6.35. The average molecular weight is 277 g/mol.